The van der Waals surface area contributed by atoms with E-state index in [-0.39, 0.29) is 12.2 Å². The van der Waals surface area contributed by atoms with Crippen LogP contribution in [-0.4, -0.2) is 12.5 Å². The van der Waals surface area contributed by atoms with E-state index >= 15 is 0 Å². The normalized spacial score (nSPS) is 10.9. The molecule has 0 spiro atoms. The van der Waals surface area contributed by atoms with E-state index in [2.05, 4.69) is 17.4 Å². The third kappa shape index (κ3) is 6.74. The maximum absolute atomic E-state index is 12.5. The van der Waals surface area contributed by atoms with Crippen molar-refractivity contribution < 1.29 is 9.53 Å². The number of benzene rings is 3. The molecule has 0 aliphatic carbocycles. The fourth-order valence-corrected chi connectivity index (χ4v) is 3.23. The number of amides is 1. The Kier molecular flexibility index (Phi) is 8.28. The summed E-state index contributed by atoms with van der Waals surface area (Å²) >= 11 is 6.19. The molecule has 31 heavy (non-hydrogen) atoms. The molecule has 3 aromatic carbocycles. The van der Waals surface area contributed by atoms with Crippen LogP contribution in [0.3, 0.4) is 0 Å². The molecule has 156 valence electrons. The number of carbonyl (C=O) groups excluding carboxylic acids is 1. The summed E-state index contributed by atoms with van der Waals surface area (Å²) in [6, 6.07) is 26.8. The van der Waals surface area contributed by atoms with Gasteiger partial charge in [0.25, 0.3) is 5.91 Å². The Labute approximate surface area is 187 Å². The zero-order valence-electron chi connectivity index (χ0n) is 17.1. The zero-order chi connectivity index (χ0) is 21.9. The molecule has 0 saturated carbocycles. The number of nitrogens with zero attached hydrogens (tertiary/aromatic N) is 1. The average molecular weight is 431 g/mol. The minimum Gasteiger partial charge on any atom is -0.488 e. The van der Waals surface area contributed by atoms with E-state index in [9.17, 15) is 10.1 Å². The van der Waals surface area contributed by atoms with Gasteiger partial charge in [0.2, 0.25) is 0 Å². The van der Waals surface area contributed by atoms with Crippen molar-refractivity contribution in [3.63, 3.8) is 0 Å². The summed E-state index contributed by atoms with van der Waals surface area (Å²) in [5, 5.41) is 12.9. The molecule has 0 unspecified atom stereocenters. The SMILES string of the molecule is N#C/C(=C/c1ccccc1OCc1ccccc1Cl)C(=O)NCCCc1ccccc1. The van der Waals surface area contributed by atoms with Crippen molar-refractivity contribution in [1.29, 1.82) is 5.26 Å². The van der Waals surface area contributed by atoms with E-state index in [1.54, 1.807) is 12.1 Å². The third-order valence-electron chi connectivity index (χ3n) is 4.70. The second-order valence-electron chi connectivity index (χ2n) is 6.93. The van der Waals surface area contributed by atoms with Crippen LogP contribution in [0.2, 0.25) is 5.02 Å². The predicted octanol–water partition coefficient (Wildman–Crippen LogP) is 5.57. The average Bonchev–Trinajstić information content (AvgIpc) is 2.81. The Morgan fingerprint density at radius 2 is 1.71 bits per heavy atom. The van der Waals surface area contributed by atoms with E-state index < -0.39 is 5.91 Å². The Morgan fingerprint density at radius 1 is 1.00 bits per heavy atom. The number of aryl methyl sites for hydroxylation is 1. The van der Waals surface area contributed by atoms with E-state index in [1.165, 1.54) is 5.56 Å². The van der Waals surface area contributed by atoms with Gasteiger partial charge < -0.3 is 10.1 Å². The van der Waals surface area contributed by atoms with Gasteiger partial charge in [0.15, 0.2) is 0 Å². The lowest BCUT2D eigenvalue weighted by Gasteiger charge is -2.11. The molecule has 0 radical (unpaired) electrons. The van der Waals surface area contributed by atoms with Crippen LogP contribution < -0.4 is 10.1 Å². The quantitative estimate of drug-likeness (QED) is 0.274. The van der Waals surface area contributed by atoms with Crippen molar-refractivity contribution in [3.05, 3.63) is 106 Å². The molecule has 0 atom stereocenters. The Hall–Kier alpha value is -3.55. The van der Waals surface area contributed by atoms with Gasteiger partial charge in [-0.1, -0.05) is 78.3 Å². The Balaban J connectivity index is 1.61. The molecule has 0 bridgehead atoms. The zero-order valence-corrected chi connectivity index (χ0v) is 17.8. The minimum absolute atomic E-state index is 0.0357. The molecule has 0 aromatic heterocycles. The molecule has 4 nitrogen and oxygen atoms in total. The molecule has 3 rings (SSSR count). The highest BCUT2D eigenvalue weighted by Gasteiger charge is 2.11. The number of nitrogens with one attached hydrogen (secondary N) is 1. The van der Waals surface area contributed by atoms with Gasteiger partial charge in [0.05, 0.1) is 0 Å². The molecule has 0 saturated heterocycles. The number of nitriles is 1. The predicted molar refractivity (Wildman–Crippen MR) is 124 cm³/mol. The molecule has 5 heteroatoms. The van der Waals surface area contributed by atoms with Gasteiger partial charge in [-0.25, -0.2) is 0 Å². The van der Waals surface area contributed by atoms with E-state index in [1.807, 2.05) is 66.7 Å². The monoisotopic (exact) mass is 430 g/mol. The number of carbonyl (C=O) groups is 1. The van der Waals surface area contributed by atoms with Gasteiger partial charge in [-0.05, 0) is 36.6 Å². The first-order valence-electron chi connectivity index (χ1n) is 10.1. The van der Waals surface area contributed by atoms with Gasteiger partial charge in [-0.2, -0.15) is 5.26 Å². The molecule has 0 aliphatic heterocycles. The maximum atomic E-state index is 12.5. The number of ether oxygens (including phenoxy) is 1. The maximum Gasteiger partial charge on any atom is 0.261 e. The summed E-state index contributed by atoms with van der Waals surface area (Å²) in [6.45, 7) is 0.787. The first-order chi connectivity index (χ1) is 15.2. The number of hydrogen-bond acceptors (Lipinski definition) is 3. The second-order valence-corrected chi connectivity index (χ2v) is 7.34. The molecular weight excluding hydrogens is 408 g/mol. The van der Waals surface area contributed by atoms with Gasteiger partial charge in [0, 0.05) is 22.7 Å². The lowest BCUT2D eigenvalue weighted by Crippen LogP contribution is -2.25. The van der Waals surface area contributed by atoms with Crippen LogP contribution in [0.1, 0.15) is 23.1 Å². The van der Waals surface area contributed by atoms with Crippen LogP contribution in [0, 0.1) is 11.3 Å². The summed E-state index contributed by atoms with van der Waals surface area (Å²) in [4.78, 5) is 12.5. The summed E-state index contributed by atoms with van der Waals surface area (Å²) in [5.74, 6) is 0.184. The van der Waals surface area contributed by atoms with Gasteiger partial charge in [-0.15, -0.1) is 0 Å². The van der Waals surface area contributed by atoms with Crippen LogP contribution in [0.15, 0.2) is 84.4 Å². The molecule has 1 N–H and O–H groups in total. The number of hydrogen-bond donors (Lipinski definition) is 1. The molecule has 3 aromatic rings. The van der Waals surface area contributed by atoms with Gasteiger partial charge in [0.1, 0.15) is 24.0 Å². The first-order valence-corrected chi connectivity index (χ1v) is 10.4. The van der Waals surface area contributed by atoms with Gasteiger partial charge in [-0.3, -0.25) is 4.79 Å². The number of para-hydroxylation sites is 1. The second kappa shape index (κ2) is 11.6. The molecule has 1 amide bonds. The number of rotatable bonds is 9. The lowest BCUT2D eigenvalue weighted by atomic mass is 10.1. The van der Waals surface area contributed by atoms with E-state index in [0.29, 0.717) is 22.9 Å². The van der Waals surface area contributed by atoms with Gasteiger partial charge >= 0.3 is 0 Å². The van der Waals surface area contributed by atoms with Crippen LogP contribution in [0.5, 0.6) is 5.75 Å². The van der Waals surface area contributed by atoms with Crippen LogP contribution in [0.25, 0.3) is 6.08 Å². The molecule has 0 fully saturated rings. The van der Waals surface area contributed by atoms with Crippen LogP contribution in [-0.2, 0) is 17.8 Å². The fourth-order valence-electron chi connectivity index (χ4n) is 3.04. The highest BCUT2D eigenvalue weighted by molar-refractivity contribution is 6.31. The van der Waals surface area contributed by atoms with E-state index in [0.717, 1.165) is 18.4 Å². The van der Waals surface area contributed by atoms with Crippen molar-refractivity contribution in [2.75, 3.05) is 6.54 Å². The van der Waals surface area contributed by atoms with Crippen molar-refractivity contribution in [2.45, 2.75) is 19.4 Å². The summed E-state index contributed by atoms with van der Waals surface area (Å²) < 4.78 is 5.91. The highest BCUT2D eigenvalue weighted by atomic mass is 35.5. The Morgan fingerprint density at radius 3 is 2.48 bits per heavy atom. The number of halogens is 1. The largest absolute Gasteiger partial charge is 0.488 e. The van der Waals surface area contributed by atoms with Crippen molar-refractivity contribution in [2.24, 2.45) is 0 Å². The minimum atomic E-state index is -0.392. The van der Waals surface area contributed by atoms with Crippen molar-refractivity contribution in [3.8, 4) is 11.8 Å². The molecule has 0 aliphatic rings. The fraction of sp³-hybridized carbons (Fsp3) is 0.154. The topological polar surface area (TPSA) is 62.1 Å². The van der Waals surface area contributed by atoms with Crippen molar-refractivity contribution in [1.82, 2.24) is 5.32 Å². The molecule has 0 heterocycles. The smallest absolute Gasteiger partial charge is 0.261 e. The summed E-state index contributed by atoms with van der Waals surface area (Å²) in [5.41, 5.74) is 2.77. The van der Waals surface area contributed by atoms with Crippen LogP contribution in [0.4, 0.5) is 0 Å². The highest BCUT2D eigenvalue weighted by Crippen LogP contribution is 2.24. The standard InChI is InChI=1S/C26H23ClN2O2/c27-24-14-6-4-13-22(24)19-31-25-15-7-5-12-21(25)17-23(18-28)26(30)29-16-8-11-20-9-2-1-3-10-20/h1-7,9-10,12-15,17H,8,11,16,19H2,(H,29,30)/b23-17-. The lowest BCUT2D eigenvalue weighted by molar-refractivity contribution is -0.117. The van der Waals surface area contributed by atoms with Crippen LogP contribution >= 0.6 is 11.6 Å². The van der Waals surface area contributed by atoms with Crippen molar-refractivity contribution >= 4 is 23.6 Å². The van der Waals surface area contributed by atoms with E-state index in [4.69, 9.17) is 16.3 Å². The third-order valence-corrected chi connectivity index (χ3v) is 5.06. The molecular formula is C26H23ClN2O2. The summed E-state index contributed by atoms with van der Waals surface area (Å²) in [6.07, 6.45) is 3.21. The first kappa shape index (κ1) is 22.1. The summed E-state index contributed by atoms with van der Waals surface area (Å²) in [7, 11) is 0. The Bertz CT molecular complexity index is 1090.